The van der Waals surface area contributed by atoms with Crippen LogP contribution in [0.4, 0.5) is 5.69 Å². The molecule has 0 radical (unpaired) electrons. The van der Waals surface area contributed by atoms with E-state index in [4.69, 9.17) is 4.74 Å². The molecule has 0 unspecified atom stereocenters. The molecule has 1 saturated heterocycles. The van der Waals surface area contributed by atoms with Gasteiger partial charge in [0.05, 0.1) is 11.8 Å². The van der Waals surface area contributed by atoms with Crippen molar-refractivity contribution in [1.29, 1.82) is 0 Å². The van der Waals surface area contributed by atoms with Crippen LogP contribution in [0.2, 0.25) is 0 Å². The maximum absolute atomic E-state index is 6.00. The SMILES string of the molecule is CNCc1ccc(N2CCNCC2)c(OC(C)C)c1. The van der Waals surface area contributed by atoms with Gasteiger partial charge in [0.2, 0.25) is 0 Å². The van der Waals surface area contributed by atoms with Gasteiger partial charge < -0.3 is 20.3 Å². The van der Waals surface area contributed by atoms with Gasteiger partial charge in [-0.3, -0.25) is 0 Å². The Labute approximate surface area is 116 Å². The zero-order valence-electron chi connectivity index (χ0n) is 12.2. The van der Waals surface area contributed by atoms with Crippen LogP contribution in [0.5, 0.6) is 5.75 Å². The van der Waals surface area contributed by atoms with Gasteiger partial charge in [-0.15, -0.1) is 0 Å². The second kappa shape index (κ2) is 6.78. The van der Waals surface area contributed by atoms with Crippen molar-refractivity contribution in [2.45, 2.75) is 26.5 Å². The molecule has 1 aromatic carbocycles. The van der Waals surface area contributed by atoms with E-state index >= 15 is 0 Å². The summed E-state index contributed by atoms with van der Waals surface area (Å²) in [6, 6.07) is 6.53. The number of piperazine rings is 1. The van der Waals surface area contributed by atoms with E-state index in [1.165, 1.54) is 11.3 Å². The van der Waals surface area contributed by atoms with E-state index in [0.29, 0.717) is 0 Å². The average Bonchev–Trinajstić information content (AvgIpc) is 2.40. The fraction of sp³-hybridized carbons (Fsp3) is 0.600. The topological polar surface area (TPSA) is 36.5 Å². The highest BCUT2D eigenvalue weighted by Crippen LogP contribution is 2.30. The highest BCUT2D eigenvalue weighted by molar-refractivity contribution is 5.60. The van der Waals surface area contributed by atoms with Crippen LogP contribution in [0.25, 0.3) is 0 Å². The fourth-order valence-electron chi connectivity index (χ4n) is 2.39. The molecule has 2 N–H and O–H groups in total. The molecule has 0 amide bonds. The van der Waals surface area contributed by atoms with Gasteiger partial charge in [-0.2, -0.15) is 0 Å². The number of ether oxygens (including phenoxy) is 1. The maximum atomic E-state index is 6.00. The highest BCUT2D eigenvalue weighted by Gasteiger charge is 2.16. The first-order valence-electron chi connectivity index (χ1n) is 7.10. The van der Waals surface area contributed by atoms with E-state index < -0.39 is 0 Å². The normalized spacial score (nSPS) is 15.9. The van der Waals surface area contributed by atoms with Crippen molar-refractivity contribution in [3.63, 3.8) is 0 Å². The minimum atomic E-state index is 0.200. The Kier molecular flexibility index (Phi) is 5.05. The van der Waals surface area contributed by atoms with Crippen molar-refractivity contribution in [3.05, 3.63) is 23.8 Å². The zero-order valence-corrected chi connectivity index (χ0v) is 12.2. The van der Waals surface area contributed by atoms with Gasteiger partial charge in [-0.05, 0) is 38.6 Å². The van der Waals surface area contributed by atoms with Crippen LogP contribution in [-0.2, 0) is 6.54 Å². The molecule has 19 heavy (non-hydrogen) atoms. The molecule has 2 rings (SSSR count). The van der Waals surface area contributed by atoms with Gasteiger partial charge in [0.15, 0.2) is 0 Å². The van der Waals surface area contributed by atoms with Crippen LogP contribution in [0.3, 0.4) is 0 Å². The van der Waals surface area contributed by atoms with Crippen molar-refractivity contribution in [2.24, 2.45) is 0 Å². The first-order valence-corrected chi connectivity index (χ1v) is 7.10. The third-order valence-corrected chi connectivity index (χ3v) is 3.23. The molecule has 0 saturated carbocycles. The monoisotopic (exact) mass is 263 g/mol. The summed E-state index contributed by atoms with van der Waals surface area (Å²) in [5, 5.41) is 6.57. The predicted molar refractivity (Wildman–Crippen MR) is 80.1 cm³/mol. The lowest BCUT2D eigenvalue weighted by Gasteiger charge is -2.31. The molecule has 0 atom stereocenters. The lowest BCUT2D eigenvalue weighted by Crippen LogP contribution is -2.43. The van der Waals surface area contributed by atoms with Crippen LogP contribution in [-0.4, -0.2) is 39.3 Å². The Morgan fingerprint density at radius 3 is 2.68 bits per heavy atom. The lowest BCUT2D eigenvalue weighted by atomic mass is 10.1. The standard InChI is InChI=1S/C15H25N3O/c1-12(2)19-15-10-13(11-16-3)4-5-14(15)18-8-6-17-7-9-18/h4-5,10,12,16-17H,6-9,11H2,1-3H3. The molecule has 4 heteroatoms. The third-order valence-electron chi connectivity index (χ3n) is 3.23. The summed E-state index contributed by atoms with van der Waals surface area (Å²) in [5.41, 5.74) is 2.48. The molecule has 0 aliphatic carbocycles. The Bertz CT molecular complexity index is 400. The molecular weight excluding hydrogens is 238 g/mol. The summed E-state index contributed by atoms with van der Waals surface area (Å²) in [6.07, 6.45) is 0.200. The number of nitrogens with one attached hydrogen (secondary N) is 2. The largest absolute Gasteiger partial charge is 0.489 e. The van der Waals surface area contributed by atoms with Crippen molar-refractivity contribution >= 4 is 5.69 Å². The number of nitrogens with zero attached hydrogens (tertiary/aromatic N) is 1. The Hall–Kier alpha value is -1.26. The van der Waals surface area contributed by atoms with E-state index in [2.05, 4.69) is 47.6 Å². The van der Waals surface area contributed by atoms with E-state index in [1.807, 2.05) is 7.05 Å². The van der Waals surface area contributed by atoms with Crippen LogP contribution >= 0.6 is 0 Å². The van der Waals surface area contributed by atoms with E-state index in [1.54, 1.807) is 0 Å². The van der Waals surface area contributed by atoms with Gasteiger partial charge in [-0.1, -0.05) is 6.07 Å². The summed E-state index contributed by atoms with van der Waals surface area (Å²) >= 11 is 0. The molecule has 1 heterocycles. The number of benzene rings is 1. The molecule has 0 bridgehead atoms. The van der Waals surface area contributed by atoms with Gasteiger partial charge in [0.25, 0.3) is 0 Å². The van der Waals surface area contributed by atoms with Crippen LogP contribution in [0, 0.1) is 0 Å². The van der Waals surface area contributed by atoms with Crippen molar-refractivity contribution in [3.8, 4) is 5.75 Å². The van der Waals surface area contributed by atoms with E-state index in [0.717, 1.165) is 38.5 Å². The van der Waals surface area contributed by atoms with Crippen molar-refractivity contribution in [2.75, 3.05) is 38.1 Å². The molecule has 1 aromatic rings. The summed E-state index contributed by atoms with van der Waals surface area (Å²) in [4.78, 5) is 2.40. The van der Waals surface area contributed by atoms with Gasteiger partial charge in [-0.25, -0.2) is 0 Å². The summed E-state index contributed by atoms with van der Waals surface area (Å²) in [6.45, 7) is 9.19. The highest BCUT2D eigenvalue weighted by atomic mass is 16.5. The fourth-order valence-corrected chi connectivity index (χ4v) is 2.39. The van der Waals surface area contributed by atoms with Crippen molar-refractivity contribution < 1.29 is 4.74 Å². The summed E-state index contributed by atoms with van der Waals surface area (Å²) < 4.78 is 6.00. The number of rotatable bonds is 5. The van der Waals surface area contributed by atoms with E-state index in [9.17, 15) is 0 Å². The second-order valence-corrected chi connectivity index (χ2v) is 5.24. The summed E-state index contributed by atoms with van der Waals surface area (Å²) in [5.74, 6) is 1.00. The maximum Gasteiger partial charge on any atom is 0.143 e. The molecule has 1 aliphatic rings. The second-order valence-electron chi connectivity index (χ2n) is 5.24. The van der Waals surface area contributed by atoms with Gasteiger partial charge in [0, 0.05) is 32.7 Å². The van der Waals surface area contributed by atoms with Gasteiger partial charge in [0.1, 0.15) is 5.75 Å². The summed E-state index contributed by atoms with van der Waals surface area (Å²) in [7, 11) is 1.97. The van der Waals surface area contributed by atoms with Gasteiger partial charge >= 0.3 is 0 Å². The molecule has 0 aromatic heterocycles. The smallest absolute Gasteiger partial charge is 0.143 e. The third kappa shape index (κ3) is 3.85. The number of hydrogen-bond acceptors (Lipinski definition) is 4. The molecule has 4 nitrogen and oxygen atoms in total. The average molecular weight is 263 g/mol. The molecule has 106 valence electrons. The minimum absolute atomic E-state index is 0.200. The molecule has 1 fully saturated rings. The minimum Gasteiger partial charge on any atom is -0.489 e. The van der Waals surface area contributed by atoms with Crippen molar-refractivity contribution in [1.82, 2.24) is 10.6 Å². The Balaban J connectivity index is 2.23. The Morgan fingerprint density at radius 2 is 2.05 bits per heavy atom. The van der Waals surface area contributed by atoms with Crippen LogP contribution < -0.4 is 20.3 Å². The first kappa shape index (κ1) is 14.2. The van der Waals surface area contributed by atoms with Crippen LogP contribution in [0.15, 0.2) is 18.2 Å². The zero-order chi connectivity index (χ0) is 13.7. The Morgan fingerprint density at radius 1 is 1.32 bits per heavy atom. The predicted octanol–water partition coefficient (Wildman–Crippen LogP) is 1.60. The quantitative estimate of drug-likeness (QED) is 0.846. The molecule has 1 aliphatic heterocycles. The molecule has 0 spiro atoms. The van der Waals surface area contributed by atoms with E-state index in [-0.39, 0.29) is 6.10 Å². The first-order chi connectivity index (χ1) is 9.20. The number of anilines is 1. The molecular formula is C15H25N3O. The van der Waals surface area contributed by atoms with Crippen LogP contribution in [0.1, 0.15) is 19.4 Å². The number of hydrogen-bond donors (Lipinski definition) is 2. The lowest BCUT2D eigenvalue weighted by molar-refractivity contribution is 0.242.